The van der Waals surface area contributed by atoms with Gasteiger partial charge in [-0.05, 0) is 97.1 Å². The molecule has 0 saturated heterocycles. The molecule has 7 heteroatoms. The van der Waals surface area contributed by atoms with Gasteiger partial charge in [-0.3, -0.25) is 0 Å². The van der Waals surface area contributed by atoms with Crippen molar-refractivity contribution >= 4 is 154 Å². The van der Waals surface area contributed by atoms with Crippen molar-refractivity contribution in [3.05, 3.63) is 224 Å². The summed E-state index contributed by atoms with van der Waals surface area (Å²) in [5.74, 6) is 0. The summed E-state index contributed by atoms with van der Waals surface area (Å²) in [7, 11) is 0. The van der Waals surface area contributed by atoms with Gasteiger partial charge in [-0.2, -0.15) is 0 Å². The maximum atomic E-state index is 6.69. The Morgan fingerprint density at radius 3 is 0.932 bits per heavy atom. The monoisotopic (exact) mass is 932 g/mol. The molecule has 338 valence electrons. The Hall–Kier alpha value is -9.72. The van der Waals surface area contributed by atoms with E-state index in [1.807, 2.05) is 36.4 Å². The first-order valence-electron chi connectivity index (χ1n) is 24.8. The van der Waals surface area contributed by atoms with Crippen LogP contribution in [-0.4, -0.2) is 15.8 Å². The van der Waals surface area contributed by atoms with E-state index in [1.54, 1.807) is 0 Å². The first-order chi connectivity index (χ1) is 36.1. The minimum absolute atomic E-state index is 0.114. The van der Waals surface area contributed by atoms with Crippen LogP contribution in [0.1, 0.15) is 0 Å². The van der Waals surface area contributed by atoms with Gasteiger partial charge in [0.2, 0.25) is 6.71 Å². The summed E-state index contributed by atoms with van der Waals surface area (Å²) in [5.41, 5.74) is 17.3. The van der Waals surface area contributed by atoms with Crippen molar-refractivity contribution in [2.75, 3.05) is 0 Å². The fraction of sp³-hybridized carbons (Fsp3) is 0. The predicted molar refractivity (Wildman–Crippen MR) is 302 cm³/mol. The van der Waals surface area contributed by atoms with Crippen LogP contribution in [0, 0.1) is 0 Å². The zero-order valence-electron chi connectivity index (χ0n) is 39.0. The Morgan fingerprint density at radius 1 is 0.219 bits per heavy atom. The molecule has 0 bridgehead atoms. The molecular weight excluding hydrogens is 896 g/mol. The molecular formula is C66H37BN2O4. The molecule has 17 rings (SSSR count). The average molecular weight is 933 g/mol. The molecule has 0 radical (unpaired) electrons. The van der Waals surface area contributed by atoms with Gasteiger partial charge in [-0.1, -0.05) is 144 Å². The summed E-state index contributed by atoms with van der Waals surface area (Å²) in [5, 5.41) is 13.5. The maximum absolute atomic E-state index is 6.69. The van der Waals surface area contributed by atoms with Crippen molar-refractivity contribution in [3.63, 3.8) is 0 Å². The predicted octanol–water partition coefficient (Wildman–Crippen LogP) is 16.0. The first kappa shape index (κ1) is 39.1. The van der Waals surface area contributed by atoms with Gasteiger partial charge >= 0.3 is 0 Å². The number of hydrogen-bond acceptors (Lipinski definition) is 4. The van der Waals surface area contributed by atoms with Crippen LogP contribution >= 0.6 is 0 Å². The normalized spacial score (nSPS) is 12.4. The van der Waals surface area contributed by atoms with Crippen LogP contribution in [0.4, 0.5) is 0 Å². The smallest absolute Gasteiger partial charge is 0.241 e. The minimum atomic E-state index is -0.114. The Labute approximate surface area is 415 Å². The highest BCUT2D eigenvalue weighted by molar-refractivity contribution is 6.96. The average Bonchev–Trinajstić information content (AvgIpc) is 4.31. The van der Waals surface area contributed by atoms with E-state index in [0.717, 1.165) is 127 Å². The highest BCUT2D eigenvalue weighted by atomic mass is 16.3. The van der Waals surface area contributed by atoms with Crippen molar-refractivity contribution in [1.82, 2.24) is 9.13 Å². The molecule has 0 saturated carbocycles. The lowest BCUT2D eigenvalue weighted by atomic mass is 9.36. The molecule has 0 aliphatic carbocycles. The highest BCUT2D eigenvalue weighted by Gasteiger charge is 2.26. The van der Waals surface area contributed by atoms with Crippen LogP contribution in [-0.2, 0) is 0 Å². The van der Waals surface area contributed by atoms with Crippen molar-refractivity contribution < 1.29 is 17.7 Å². The van der Waals surface area contributed by atoms with E-state index in [2.05, 4.69) is 197 Å². The zero-order valence-corrected chi connectivity index (χ0v) is 39.0. The number of furan rings is 4. The molecule has 0 atom stereocenters. The second kappa shape index (κ2) is 14.4. The topological polar surface area (TPSA) is 62.4 Å². The zero-order chi connectivity index (χ0) is 47.5. The van der Waals surface area contributed by atoms with Gasteiger partial charge in [-0.25, -0.2) is 0 Å². The highest BCUT2D eigenvalue weighted by Crippen LogP contribution is 2.42. The molecule has 73 heavy (non-hydrogen) atoms. The summed E-state index contributed by atoms with van der Waals surface area (Å²) < 4.78 is 30.5. The standard InChI is InChI=1S/C66H37BN2O4/c1-6-16-55-43(11-1)48-37-58-49(36-57(48)68(55)41-24-29-65-53(34-41)47-15-5-10-20-61(47)72-65)44-12-2-7-17-56(44)69(58)42-25-30-66-54(35-42)52-33-40(23-28-64(52)73-66)67(38-21-26-62-50(31-38)45-13-3-8-18-59(45)70-62)39-22-27-63-51(32-39)46-14-4-9-19-60(46)71-63/h1-37H. The lowest BCUT2D eigenvalue weighted by molar-refractivity contribution is 0.668. The number of para-hydroxylation sites is 5. The van der Waals surface area contributed by atoms with E-state index in [4.69, 9.17) is 17.7 Å². The van der Waals surface area contributed by atoms with Crippen LogP contribution in [0.25, 0.3) is 143 Å². The Morgan fingerprint density at radius 2 is 0.521 bits per heavy atom. The second-order valence-corrected chi connectivity index (χ2v) is 19.5. The third kappa shape index (κ3) is 5.53. The van der Waals surface area contributed by atoms with Gasteiger partial charge in [0.25, 0.3) is 0 Å². The van der Waals surface area contributed by atoms with Crippen LogP contribution in [0.2, 0.25) is 0 Å². The van der Waals surface area contributed by atoms with E-state index < -0.39 is 0 Å². The third-order valence-corrected chi connectivity index (χ3v) is 15.6. The molecule has 17 aromatic rings. The Bertz CT molecular complexity index is 5080. The largest absolute Gasteiger partial charge is 0.456 e. The molecule has 11 aromatic carbocycles. The van der Waals surface area contributed by atoms with E-state index in [9.17, 15) is 0 Å². The van der Waals surface area contributed by atoms with Crippen molar-refractivity contribution in [2.24, 2.45) is 0 Å². The molecule has 0 spiro atoms. The number of hydrogen-bond donors (Lipinski definition) is 0. The van der Waals surface area contributed by atoms with Gasteiger partial charge in [0, 0.05) is 76.0 Å². The fourth-order valence-electron chi connectivity index (χ4n) is 12.4. The van der Waals surface area contributed by atoms with Gasteiger partial charge in [0.05, 0.1) is 22.1 Å². The SMILES string of the molecule is c1ccc2c(c1)oc1ccc(B(c3ccc4oc5ccccc5c4c3)c3ccc4oc5ccc(-n6c7ccccc7c7cc8c(cc76)c6ccccc6n8-c6ccc7oc8ccccc8c7c6)cc5c4c3)cc12. The molecule has 0 N–H and O–H groups in total. The van der Waals surface area contributed by atoms with Gasteiger partial charge < -0.3 is 26.8 Å². The quantitative estimate of drug-likeness (QED) is 0.161. The van der Waals surface area contributed by atoms with Crippen molar-refractivity contribution in [1.29, 1.82) is 0 Å². The van der Waals surface area contributed by atoms with Crippen LogP contribution in [0.3, 0.4) is 0 Å². The third-order valence-electron chi connectivity index (χ3n) is 15.6. The number of aromatic nitrogens is 2. The first-order valence-corrected chi connectivity index (χ1v) is 24.8. The van der Waals surface area contributed by atoms with Crippen LogP contribution in [0.5, 0.6) is 0 Å². The van der Waals surface area contributed by atoms with E-state index in [0.29, 0.717) is 0 Å². The Balaban J connectivity index is 0.865. The molecule has 0 aliphatic rings. The minimum Gasteiger partial charge on any atom is -0.456 e. The molecule has 0 unspecified atom stereocenters. The van der Waals surface area contributed by atoms with Gasteiger partial charge in [0.1, 0.15) is 44.7 Å². The Kier molecular flexibility index (Phi) is 7.73. The molecule has 6 nitrogen and oxygen atoms in total. The van der Waals surface area contributed by atoms with Crippen LogP contribution in [0.15, 0.2) is 242 Å². The summed E-state index contributed by atoms with van der Waals surface area (Å²) in [6.45, 7) is -0.114. The molecule has 6 aromatic heterocycles. The lowest BCUT2D eigenvalue weighted by Gasteiger charge is -2.16. The van der Waals surface area contributed by atoms with Crippen molar-refractivity contribution in [2.45, 2.75) is 0 Å². The summed E-state index contributed by atoms with van der Waals surface area (Å²) in [4.78, 5) is 0. The number of nitrogens with zero attached hydrogens (tertiary/aromatic N) is 2. The summed E-state index contributed by atoms with van der Waals surface area (Å²) in [6.07, 6.45) is 0. The van der Waals surface area contributed by atoms with E-state index in [1.165, 1.54) is 32.5 Å². The fourth-order valence-corrected chi connectivity index (χ4v) is 12.4. The summed E-state index contributed by atoms with van der Waals surface area (Å²) in [6, 6.07) is 80.5. The molecule has 0 amide bonds. The van der Waals surface area contributed by atoms with E-state index >= 15 is 0 Å². The summed E-state index contributed by atoms with van der Waals surface area (Å²) >= 11 is 0. The van der Waals surface area contributed by atoms with E-state index in [-0.39, 0.29) is 6.71 Å². The van der Waals surface area contributed by atoms with Crippen molar-refractivity contribution in [3.8, 4) is 11.4 Å². The maximum Gasteiger partial charge on any atom is 0.241 e. The molecule has 6 heterocycles. The number of benzene rings is 11. The molecule has 0 fully saturated rings. The van der Waals surface area contributed by atoms with Crippen LogP contribution < -0.4 is 16.4 Å². The number of fused-ring (bicyclic) bond motifs is 18. The lowest BCUT2D eigenvalue weighted by Crippen LogP contribution is -2.51. The second-order valence-electron chi connectivity index (χ2n) is 19.5. The van der Waals surface area contributed by atoms with Gasteiger partial charge in [0.15, 0.2) is 0 Å². The number of rotatable bonds is 5. The molecule has 0 aliphatic heterocycles. The van der Waals surface area contributed by atoms with Gasteiger partial charge in [-0.15, -0.1) is 0 Å².